The molecule has 0 fully saturated rings. The highest BCUT2D eigenvalue weighted by molar-refractivity contribution is 7.88. The average Bonchev–Trinajstić information content (AvgIpc) is 2.17. The summed E-state index contributed by atoms with van der Waals surface area (Å²) in [6, 6.07) is 0. The predicted octanol–water partition coefficient (Wildman–Crippen LogP) is 3.48. The molecule has 0 rings (SSSR count). The van der Waals surface area contributed by atoms with Crippen molar-refractivity contribution in [2.24, 2.45) is 0 Å². The maximum absolute atomic E-state index is 12.2. The second-order valence-electron chi connectivity index (χ2n) is 2.66. The van der Waals surface area contributed by atoms with Crippen LogP contribution in [0.15, 0.2) is 0 Å². The molecule has 0 heterocycles. The fraction of sp³-hybridized carbons (Fsp3) is 1.00. The number of hydrogen-bond acceptors (Lipinski definition) is 5. The molecule has 0 amide bonds. The van der Waals surface area contributed by atoms with E-state index in [1.165, 1.54) is 7.05 Å². The maximum Gasteiger partial charge on any atom is 0.416 e. The molecule has 0 radical (unpaired) electrons. The molecule has 0 aliphatic carbocycles. The van der Waals surface area contributed by atoms with Gasteiger partial charge >= 0.3 is 14.6 Å². The molecule has 0 N–H and O–H groups in total. The average molecular weight is 294 g/mol. The molecule has 98 valence electrons. The SMILES string of the molecule is CCOP(=O)(Cl)N(C)P(=O)(OCC)OCC. The summed E-state index contributed by atoms with van der Waals surface area (Å²) in [6.07, 6.45) is 0. The van der Waals surface area contributed by atoms with Gasteiger partial charge in [-0.2, -0.15) is 0 Å². The van der Waals surface area contributed by atoms with Crippen molar-refractivity contribution in [1.82, 2.24) is 4.44 Å². The summed E-state index contributed by atoms with van der Waals surface area (Å²) in [6.45, 7) is 1.72. The van der Waals surface area contributed by atoms with Gasteiger partial charge in [0.05, 0.1) is 19.8 Å². The van der Waals surface area contributed by atoms with Gasteiger partial charge in [-0.3, -0.25) is 13.6 Å². The Morgan fingerprint density at radius 2 is 1.38 bits per heavy atom. The van der Waals surface area contributed by atoms with E-state index in [1.807, 2.05) is 0 Å². The first kappa shape index (κ1) is 16.6. The van der Waals surface area contributed by atoms with E-state index < -0.39 is 14.6 Å². The zero-order chi connectivity index (χ0) is 12.8. The Morgan fingerprint density at radius 3 is 1.69 bits per heavy atom. The lowest BCUT2D eigenvalue weighted by atomic mass is 10.9. The molecule has 0 aliphatic rings. The van der Waals surface area contributed by atoms with Crippen LogP contribution < -0.4 is 0 Å². The van der Waals surface area contributed by atoms with E-state index in [9.17, 15) is 9.13 Å². The van der Waals surface area contributed by atoms with Crippen LogP contribution in [0.4, 0.5) is 0 Å². The topological polar surface area (TPSA) is 65.1 Å². The predicted molar refractivity (Wildman–Crippen MR) is 63.7 cm³/mol. The molecule has 0 aromatic heterocycles. The molecule has 6 nitrogen and oxygen atoms in total. The number of nitrogens with zero attached hydrogens (tertiary/aromatic N) is 1. The fourth-order valence-electron chi connectivity index (χ4n) is 0.904. The van der Waals surface area contributed by atoms with Crippen LogP contribution in [-0.4, -0.2) is 31.3 Å². The van der Waals surface area contributed by atoms with Crippen LogP contribution in [0.25, 0.3) is 0 Å². The zero-order valence-electron chi connectivity index (χ0n) is 9.88. The monoisotopic (exact) mass is 293 g/mol. The highest BCUT2D eigenvalue weighted by Gasteiger charge is 2.42. The van der Waals surface area contributed by atoms with Gasteiger partial charge in [-0.25, -0.2) is 4.57 Å². The van der Waals surface area contributed by atoms with Crippen molar-refractivity contribution in [1.29, 1.82) is 0 Å². The van der Waals surface area contributed by atoms with Crippen molar-refractivity contribution in [2.75, 3.05) is 26.9 Å². The quantitative estimate of drug-likeness (QED) is 0.638. The van der Waals surface area contributed by atoms with Crippen molar-refractivity contribution in [3.63, 3.8) is 0 Å². The minimum atomic E-state index is -3.67. The first-order valence-electron chi connectivity index (χ1n) is 4.92. The first-order valence-corrected chi connectivity index (χ1v) is 8.89. The van der Waals surface area contributed by atoms with Crippen LogP contribution in [0.5, 0.6) is 0 Å². The molecular weight excluding hydrogens is 275 g/mol. The highest BCUT2D eigenvalue weighted by Crippen LogP contribution is 2.69. The van der Waals surface area contributed by atoms with Crippen LogP contribution in [0, 0.1) is 0 Å². The lowest BCUT2D eigenvalue weighted by Gasteiger charge is -2.28. The lowest BCUT2D eigenvalue weighted by molar-refractivity contribution is 0.190. The van der Waals surface area contributed by atoms with Crippen molar-refractivity contribution >= 4 is 25.9 Å². The largest absolute Gasteiger partial charge is 0.416 e. The number of rotatable bonds is 8. The van der Waals surface area contributed by atoms with Crippen molar-refractivity contribution < 1.29 is 22.7 Å². The molecular formula is C7H18ClNO5P2. The highest BCUT2D eigenvalue weighted by atomic mass is 35.7. The Hall–Kier alpha value is 0.590. The first-order chi connectivity index (χ1) is 7.34. The molecule has 0 aromatic carbocycles. The van der Waals surface area contributed by atoms with E-state index in [0.717, 1.165) is 4.44 Å². The van der Waals surface area contributed by atoms with E-state index in [-0.39, 0.29) is 19.8 Å². The van der Waals surface area contributed by atoms with E-state index in [4.69, 9.17) is 24.8 Å². The molecule has 0 spiro atoms. The van der Waals surface area contributed by atoms with E-state index in [2.05, 4.69) is 0 Å². The molecule has 0 saturated carbocycles. The van der Waals surface area contributed by atoms with Crippen molar-refractivity contribution in [3.05, 3.63) is 0 Å². The second kappa shape index (κ2) is 7.12. The third-order valence-corrected chi connectivity index (χ3v) is 7.37. The second-order valence-corrected chi connectivity index (χ2v) is 8.07. The van der Waals surface area contributed by atoms with Crippen LogP contribution in [0.1, 0.15) is 20.8 Å². The third kappa shape index (κ3) is 4.46. The zero-order valence-corrected chi connectivity index (χ0v) is 12.4. The summed E-state index contributed by atoms with van der Waals surface area (Å²) < 4.78 is 39.7. The summed E-state index contributed by atoms with van der Waals surface area (Å²) in [5.74, 6) is 0. The van der Waals surface area contributed by atoms with Crippen molar-refractivity contribution in [2.45, 2.75) is 20.8 Å². The summed E-state index contributed by atoms with van der Waals surface area (Å²) in [7, 11) is -2.36. The van der Waals surface area contributed by atoms with E-state index in [0.29, 0.717) is 0 Å². The standard InChI is InChI=1S/C7H18ClNO5P2/c1-5-12-15(8,10)9(4)16(11,13-6-2)14-7-3/h5-7H2,1-4H3. The van der Waals surface area contributed by atoms with Crippen LogP contribution >= 0.6 is 25.9 Å². The van der Waals surface area contributed by atoms with Gasteiger partial charge in [0.15, 0.2) is 0 Å². The van der Waals surface area contributed by atoms with Crippen LogP contribution in [-0.2, 0) is 22.7 Å². The molecule has 0 aliphatic heterocycles. The molecule has 0 saturated heterocycles. The Balaban J connectivity index is 4.93. The molecule has 1 atom stereocenters. The summed E-state index contributed by atoms with van der Waals surface area (Å²) >= 11 is 5.67. The summed E-state index contributed by atoms with van der Waals surface area (Å²) in [4.78, 5) is 0. The number of halogens is 1. The van der Waals surface area contributed by atoms with Gasteiger partial charge in [0.2, 0.25) is 0 Å². The molecule has 1 unspecified atom stereocenters. The molecule has 0 bridgehead atoms. The number of hydrogen-bond donors (Lipinski definition) is 0. The van der Waals surface area contributed by atoms with Gasteiger partial charge in [0.25, 0.3) is 0 Å². The smallest absolute Gasteiger partial charge is 0.306 e. The van der Waals surface area contributed by atoms with Crippen LogP contribution in [0.2, 0.25) is 0 Å². The van der Waals surface area contributed by atoms with Gasteiger partial charge in [-0.15, -0.1) is 4.44 Å². The fourth-order valence-corrected chi connectivity index (χ4v) is 5.00. The maximum atomic E-state index is 12.2. The molecule has 9 heteroatoms. The van der Waals surface area contributed by atoms with Gasteiger partial charge < -0.3 is 4.52 Å². The Kier molecular flexibility index (Phi) is 7.38. The minimum Gasteiger partial charge on any atom is -0.306 e. The lowest BCUT2D eigenvalue weighted by Crippen LogP contribution is -2.15. The molecule has 16 heavy (non-hydrogen) atoms. The Bertz CT molecular complexity index is 291. The minimum absolute atomic E-state index is 0.142. The normalized spacial score (nSPS) is 16.4. The Morgan fingerprint density at radius 1 is 1.00 bits per heavy atom. The summed E-state index contributed by atoms with van der Waals surface area (Å²) in [5.41, 5.74) is 0. The van der Waals surface area contributed by atoms with E-state index >= 15 is 0 Å². The third-order valence-electron chi connectivity index (χ3n) is 1.57. The summed E-state index contributed by atoms with van der Waals surface area (Å²) in [5, 5.41) is 0. The van der Waals surface area contributed by atoms with Gasteiger partial charge in [0, 0.05) is 7.05 Å². The van der Waals surface area contributed by atoms with Crippen molar-refractivity contribution in [3.8, 4) is 0 Å². The van der Waals surface area contributed by atoms with E-state index in [1.54, 1.807) is 20.8 Å². The molecule has 0 aromatic rings. The Labute approximate surface area is 101 Å². The van der Waals surface area contributed by atoms with Crippen LogP contribution in [0.3, 0.4) is 0 Å². The van der Waals surface area contributed by atoms with Gasteiger partial charge in [0.1, 0.15) is 0 Å². The van der Waals surface area contributed by atoms with Gasteiger partial charge in [-0.1, -0.05) is 0 Å². The van der Waals surface area contributed by atoms with Gasteiger partial charge in [-0.05, 0) is 32.0 Å².